The van der Waals surface area contributed by atoms with E-state index in [4.69, 9.17) is 0 Å². The van der Waals surface area contributed by atoms with Crippen molar-refractivity contribution in [1.29, 1.82) is 0 Å². The molecule has 0 atom stereocenters. The fourth-order valence-electron chi connectivity index (χ4n) is 2.49. The Morgan fingerprint density at radius 2 is 2.19 bits per heavy atom. The molecule has 0 radical (unpaired) electrons. The van der Waals surface area contributed by atoms with Gasteiger partial charge in [-0.25, -0.2) is 4.98 Å². The molecule has 21 heavy (non-hydrogen) atoms. The van der Waals surface area contributed by atoms with Crippen LogP contribution >= 0.6 is 27.3 Å². The zero-order chi connectivity index (χ0) is 14.7. The number of amides is 1. The van der Waals surface area contributed by atoms with Gasteiger partial charge in [0.1, 0.15) is 0 Å². The van der Waals surface area contributed by atoms with Gasteiger partial charge in [-0.15, -0.1) is 11.3 Å². The molecule has 0 spiro atoms. The summed E-state index contributed by atoms with van der Waals surface area (Å²) in [6.45, 7) is 1.88. The molecule has 0 bridgehead atoms. The van der Waals surface area contributed by atoms with E-state index in [1.54, 1.807) is 11.3 Å². The number of benzene rings is 1. The standard InChI is InChI=1S/C15H16BrN3OS/c16-12-3-1-2-11(10-12)14(20)18-13-4-7-19(8-5-13)15-17-6-9-21-15/h1-3,6,9-10,13H,4-5,7-8H2,(H,18,20). The Hall–Kier alpha value is -1.40. The zero-order valence-corrected chi connectivity index (χ0v) is 13.9. The number of aromatic nitrogens is 1. The molecule has 2 aromatic rings. The smallest absolute Gasteiger partial charge is 0.251 e. The number of anilines is 1. The summed E-state index contributed by atoms with van der Waals surface area (Å²) in [7, 11) is 0. The maximum absolute atomic E-state index is 12.2. The van der Waals surface area contributed by atoms with Crippen molar-refractivity contribution in [2.24, 2.45) is 0 Å². The molecule has 0 aliphatic carbocycles. The predicted molar refractivity (Wildman–Crippen MR) is 89.0 cm³/mol. The lowest BCUT2D eigenvalue weighted by atomic mass is 10.0. The first kappa shape index (κ1) is 14.5. The van der Waals surface area contributed by atoms with Crippen LogP contribution in [0.15, 0.2) is 40.3 Å². The van der Waals surface area contributed by atoms with Crippen LogP contribution in [0.3, 0.4) is 0 Å². The molecule has 1 aliphatic rings. The lowest BCUT2D eigenvalue weighted by Gasteiger charge is -2.32. The van der Waals surface area contributed by atoms with Crippen molar-refractivity contribution >= 4 is 38.3 Å². The summed E-state index contributed by atoms with van der Waals surface area (Å²) in [6.07, 6.45) is 3.75. The number of thiazole rings is 1. The second-order valence-corrected chi connectivity index (χ2v) is 6.85. The maximum atomic E-state index is 12.2. The highest BCUT2D eigenvalue weighted by atomic mass is 79.9. The van der Waals surface area contributed by atoms with Crippen LogP contribution in [-0.2, 0) is 0 Å². The van der Waals surface area contributed by atoms with E-state index in [1.807, 2.05) is 35.8 Å². The SMILES string of the molecule is O=C(NC1CCN(c2nccs2)CC1)c1cccc(Br)c1. The molecule has 110 valence electrons. The number of carbonyl (C=O) groups excluding carboxylic acids is 1. The number of hydrogen-bond donors (Lipinski definition) is 1. The van der Waals surface area contributed by atoms with Gasteiger partial charge in [0.15, 0.2) is 5.13 Å². The topological polar surface area (TPSA) is 45.2 Å². The molecule has 1 aromatic carbocycles. The molecular weight excluding hydrogens is 350 g/mol. The van der Waals surface area contributed by atoms with E-state index < -0.39 is 0 Å². The first-order valence-electron chi connectivity index (χ1n) is 6.93. The van der Waals surface area contributed by atoms with Gasteiger partial charge in [0.25, 0.3) is 5.91 Å². The minimum absolute atomic E-state index is 0.00370. The van der Waals surface area contributed by atoms with Crippen molar-refractivity contribution in [3.63, 3.8) is 0 Å². The third-order valence-electron chi connectivity index (χ3n) is 3.61. The lowest BCUT2D eigenvalue weighted by molar-refractivity contribution is 0.0931. The average Bonchev–Trinajstić information content (AvgIpc) is 3.02. The second kappa shape index (κ2) is 6.58. The Balaban J connectivity index is 1.54. The quantitative estimate of drug-likeness (QED) is 0.907. The molecule has 2 heterocycles. The highest BCUT2D eigenvalue weighted by molar-refractivity contribution is 9.10. The molecule has 1 aromatic heterocycles. The van der Waals surface area contributed by atoms with Crippen molar-refractivity contribution in [2.75, 3.05) is 18.0 Å². The van der Waals surface area contributed by atoms with Crippen LogP contribution in [0, 0.1) is 0 Å². The third kappa shape index (κ3) is 3.63. The Labute approximate surface area is 136 Å². The lowest BCUT2D eigenvalue weighted by Crippen LogP contribution is -2.44. The van der Waals surface area contributed by atoms with E-state index in [1.165, 1.54) is 0 Å². The van der Waals surface area contributed by atoms with E-state index in [9.17, 15) is 4.79 Å². The van der Waals surface area contributed by atoms with Crippen LogP contribution in [-0.4, -0.2) is 30.0 Å². The van der Waals surface area contributed by atoms with Gasteiger partial charge >= 0.3 is 0 Å². The predicted octanol–water partition coefficient (Wildman–Crippen LogP) is 3.30. The Bertz CT molecular complexity index is 609. The summed E-state index contributed by atoms with van der Waals surface area (Å²) < 4.78 is 0.925. The molecule has 4 nitrogen and oxygen atoms in total. The number of rotatable bonds is 3. The van der Waals surface area contributed by atoms with Gasteiger partial charge in [-0.1, -0.05) is 22.0 Å². The van der Waals surface area contributed by atoms with E-state index in [-0.39, 0.29) is 11.9 Å². The van der Waals surface area contributed by atoms with Crippen molar-refractivity contribution in [3.05, 3.63) is 45.9 Å². The number of hydrogen-bond acceptors (Lipinski definition) is 4. The monoisotopic (exact) mass is 365 g/mol. The molecule has 1 fully saturated rings. The van der Waals surface area contributed by atoms with Crippen LogP contribution in [0.2, 0.25) is 0 Å². The van der Waals surface area contributed by atoms with E-state index >= 15 is 0 Å². The van der Waals surface area contributed by atoms with Crippen LogP contribution in [0.1, 0.15) is 23.2 Å². The highest BCUT2D eigenvalue weighted by Gasteiger charge is 2.22. The molecule has 3 rings (SSSR count). The summed E-state index contributed by atoms with van der Waals surface area (Å²) in [5.74, 6) is 0.00370. The molecule has 1 amide bonds. The van der Waals surface area contributed by atoms with Crippen LogP contribution in [0.5, 0.6) is 0 Å². The third-order valence-corrected chi connectivity index (χ3v) is 4.93. The van der Waals surface area contributed by atoms with Crippen molar-refractivity contribution in [1.82, 2.24) is 10.3 Å². The number of nitrogens with one attached hydrogen (secondary N) is 1. The summed E-state index contributed by atoms with van der Waals surface area (Å²) in [4.78, 5) is 18.8. The molecule has 1 N–H and O–H groups in total. The Kier molecular flexibility index (Phi) is 4.55. The van der Waals surface area contributed by atoms with Crippen molar-refractivity contribution in [2.45, 2.75) is 18.9 Å². The van der Waals surface area contributed by atoms with Crippen molar-refractivity contribution in [3.8, 4) is 0 Å². The molecule has 1 saturated heterocycles. The van der Waals surface area contributed by atoms with Gasteiger partial charge in [-0.3, -0.25) is 4.79 Å². The van der Waals surface area contributed by atoms with Gasteiger partial charge in [0.05, 0.1) is 0 Å². The molecular formula is C15H16BrN3OS. The minimum Gasteiger partial charge on any atom is -0.349 e. The Morgan fingerprint density at radius 3 is 2.86 bits per heavy atom. The number of carbonyl (C=O) groups is 1. The number of halogens is 1. The summed E-state index contributed by atoms with van der Waals surface area (Å²) in [6, 6.07) is 7.73. The number of piperidine rings is 1. The second-order valence-electron chi connectivity index (χ2n) is 5.06. The van der Waals surface area contributed by atoms with E-state index in [2.05, 4.69) is 31.1 Å². The highest BCUT2D eigenvalue weighted by Crippen LogP contribution is 2.22. The van der Waals surface area contributed by atoms with E-state index in [0.717, 1.165) is 35.5 Å². The first-order valence-corrected chi connectivity index (χ1v) is 8.60. The molecule has 0 saturated carbocycles. The first-order chi connectivity index (χ1) is 10.2. The van der Waals surface area contributed by atoms with Crippen LogP contribution in [0.4, 0.5) is 5.13 Å². The molecule has 1 aliphatic heterocycles. The molecule has 6 heteroatoms. The maximum Gasteiger partial charge on any atom is 0.251 e. The fraction of sp³-hybridized carbons (Fsp3) is 0.333. The van der Waals surface area contributed by atoms with Gasteiger partial charge in [-0.05, 0) is 31.0 Å². The van der Waals surface area contributed by atoms with Gasteiger partial charge < -0.3 is 10.2 Å². The summed E-state index contributed by atoms with van der Waals surface area (Å²) >= 11 is 5.06. The number of nitrogens with zero attached hydrogens (tertiary/aromatic N) is 2. The minimum atomic E-state index is 0.00370. The van der Waals surface area contributed by atoms with Crippen LogP contribution < -0.4 is 10.2 Å². The van der Waals surface area contributed by atoms with Gasteiger partial charge in [-0.2, -0.15) is 0 Å². The summed E-state index contributed by atoms with van der Waals surface area (Å²) in [5, 5.41) is 6.20. The normalized spacial score (nSPS) is 16.0. The van der Waals surface area contributed by atoms with Crippen LogP contribution in [0.25, 0.3) is 0 Å². The Morgan fingerprint density at radius 1 is 1.38 bits per heavy atom. The van der Waals surface area contributed by atoms with Gasteiger partial charge in [0.2, 0.25) is 0 Å². The van der Waals surface area contributed by atoms with E-state index in [0.29, 0.717) is 5.56 Å². The largest absolute Gasteiger partial charge is 0.349 e. The zero-order valence-electron chi connectivity index (χ0n) is 11.5. The van der Waals surface area contributed by atoms with Crippen molar-refractivity contribution < 1.29 is 4.79 Å². The molecule has 0 unspecified atom stereocenters. The van der Waals surface area contributed by atoms with Gasteiger partial charge in [0, 0.05) is 40.7 Å². The summed E-state index contributed by atoms with van der Waals surface area (Å²) in [5.41, 5.74) is 0.701. The fourth-order valence-corrected chi connectivity index (χ4v) is 3.58. The average molecular weight is 366 g/mol.